The molecule has 20 heavy (non-hydrogen) atoms. The lowest BCUT2D eigenvalue weighted by molar-refractivity contribution is -0.128. The molecule has 0 aliphatic carbocycles. The summed E-state index contributed by atoms with van der Waals surface area (Å²) in [5.41, 5.74) is -0.468. The summed E-state index contributed by atoms with van der Waals surface area (Å²) in [5.74, 6) is 0.323. The van der Waals surface area contributed by atoms with Crippen molar-refractivity contribution in [1.82, 2.24) is 9.80 Å². The highest BCUT2D eigenvalue weighted by molar-refractivity contribution is 6.05. The van der Waals surface area contributed by atoms with E-state index in [0.717, 1.165) is 6.42 Å². The highest BCUT2D eigenvalue weighted by atomic mass is 16.6. The lowest BCUT2D eigenvalue weighted by Gasteiger charge is -2.40. The van der Waals surface area contributed by atoms with E-state index in [1.54, 1.807) is 9.80 Å². The number of Topliss-reactive ketones (excluding diaryl/α,β-unsaturated/α-hetero) is 1. The molecule has 0 radical (unpaired) electrons. The number of likely N-dealkylation sites (tertiary alicyclic amines) is 2. The second-order valence-electron chi connectivity index (χ2n) is 6.57. The van der Waals surface area contributed by atoms with E-state index >= 15 is 0 Å². The number of rotatable bonds is 3. The highest BCUT2D eigenvalue weighted by Crippen LogP contribution is 2.22. The van der Waals surface area contributed by atoms with Crippen LogP contribution in [0.3, 0.4) is 0 Å². The largest absolute Gasteiger partial charge is 0.444 e. The highest BCUT2D eigenvalue weighted by Gasteiger charge is 2.35. The average molecular weight is 282 g/mol. The molecule has 0 aromatic rings. The van der Waals surface area contributed by atoms with E-state index in [4.69, 9.17) is 4.74 Å². The zero-order chi connectivity index (χ0) is 14.9. The first-order chi connectivity index (χ1) is 9.24. The normalized spacial score (nSPS) is 20.4. The zero-order valence-electron chi connectivity index (χ0n) is 12.3. The SMILES string of the molecule is CC(C)(C)OC(=O)N1CC(CCN2CC(=O)CC2=O)C1. The molecule has 0 unspecified atom stereocenters. The van der Waals surface area contributed by atoms with Crippen LogP contribution in [0, 0.1) is 5.92 Å². The summed E-state index contributed by atoms with van der Waals surface area (Å²) in [6.45, 7) is 7.74. The number of carbonyl (C=O) groups excluding carboxylic acids is 3. The number of carbonyl (C=O) groups is 3. The van der Waals surface area contributed by atoms with Gasteiger partial charge in [0.05, 0.1) is 13.0 Å². The predicted octanol–water partition coefficient (Wildman–Crippen LogP) is 1.04. The second-order valence-corrected chi connectivity index (χ2v) is 6.57. The minimum absolute atomic E-state index is 0.000934. The van der Waals surface area contributed by atoms with Crippen LogP contribution in [0.2, 0.25) is 0 Å². The zero-order valence-corrected chi connectivity index (χ0v) is 12.3. The molecule has 0 atom stereocenters. The van der Waals surface area contributed by atoms with E-state index in [0.29, 0.717) is 25.6 Å². The quantitative estimate of drug-likeness (QED) is 0.726. The molecule has 2 aliphatic rings. The van der Waals surface area contributed by atoms with Gasteiger partial charge in [0.1, 0.15) is 5.60 Å². The molecule has 2 aliphatic heterocycles. The van der Waals surface area contributed by atoms with Crippen molar-refractivity contribution in [2.75, 3.05) is 26.2 Å². The molecule has 2 fully saturated rings. The number of nitrogens with zero attached hydrogens (tertiary/aromatic N) is 2. The molecular weight excluding hydrogens is 260 g/mol. The Bertz CT molecular complexity index is 421. The third-order valence-electron chi connectivity index (χ3n) is 3.48. The Hall–Kier alpha value is -1.59. The third kappa shape index (κ3) is 3.71. The Morgan fingerprint density at radius 3 is 2.45 bits per heavy atom. The molecule has 0 aromatic heterocycles. The van der Waals surface area contributed by atoms with Gasteiger partial charge < -0.3 is 14.5 Å². The Morgan fingerprint density at radius 2 is 1.95 bits per heavy atom. The Kier molecular flexibility index (Phi) is 4.01. The van der Waals surface area contributed by atoms with Gasteiger partial charge >= 0.3 is 6.09 Å². The standard InChI is InChI=1S/C14H22N2O4/c1-14(2,3)20-13(19)16-7-10(8-16)4-5-15-9-11(17)6-12(15)18/h10H,4-9H2,1-3H3. The summed E-state index contributed by atoms with van der Waals surface area (Å²) in [4.78, 5) is 37.6. The first kappa shape index (κ1) is 14.8. The van der Waals surface area contributed by atoms with Crippen molar-refractivity contribution in [3.05, 3.63) is 0 Å². The van der Waals surface area contributed by atoms with E-state index in [1.165, 1.54) is 0 Å². The van der Waals surface area contributed by atoms with Crippen LogP contribution in [0.1, 0.15) is 33.6 Å². The maximum Gasteiger partial charge on any atom is 0.410 e. The van der Waals surface area contributed by atoms with E-state index in [2.05, 4.69) is 0 Å². The van der Waals surface area contributed by atoms with Gasteiger partial charge in [0.25, 0.3) is 0 Å². The van der Waals surface area contributed by atoms with Crippen molar-refractivity contribution in [3.63, 3.8) is 0 Å². The first-order valence-electron chi connectivity index (χ1n) is 7.02. The molecule has 2 saturated heterocycles. The Labute approximate surface area is 119 Å². The topological polar surface area (TPSA) is 66.9 Å². The van der Waals surface area contributed by atoms with Crippen molar-refractivity contribution in [2.24, 2.45) is 5.92 Å². The molecule has 0 spiro atoms. The van der Waals surface area contributed by atoms with Crippen LogP contribution in [-0.2, 0) is 14.3 Å². The van der Waals surface area contributed by atoms with Crippen molar-refractivity contribution in [1.29, 1.82) is 0 Å². The predicted molar refractivity (Wildman–Crippen MR) is 72.1 cm³/mol. The number of hydrogen-bond acceptors (Lipinski definition) is 4. The van der Waals surface area contributed by atoms with Crippen LogP contribution in [0.5, 0.6) is 0 Å². The Morgan fingerprint density at radius 1 is 1.30 bits per heavy atom. The van der Waals surface area contributed by atoms with Crippen LogP contribution in [0.15, 0.2) is 0 Å². The molecule has 112 valence electrons. The summed E-state index contributed by atoms with van der Waals surface area (Å²) in [6, 6.07) is 0. The lowest BCUT2D eigenvalue weighted by atomic mass is 9.97. The summed E-state index contributed by atoms with van der Waals surface area (Å²) < 4.78 is 5.28. The van der Waals surface area contributed by atoms with Crippen LogP contribution in [0.4, 0.5) is 4.79 Å². The van der Waals surface area contributed by atoms with Gasteiger partial charge in [-0.25, -0.2) is 4.79 Å². The van der Waals surface area contributed by atoms with Crippen LogP contribution >= 0.6 is 0 Å². The van der Waals surface area contributed by atoms with Crippen molar-refractivity contribution in [3.8, 4) is 0 Å². The second kappa shape index (κ2) is 5.42. The number of hydrogen-bond donors (Lipinski definition) is 0. The summed E-state index contributed by atoms with van der Waals surface area (Å²) in [7, 11) is 0. The molecule has 6 nitrogen and oxygen atoms in total. The van der Waals surface area contributed by atoms with Crippen LogP contribution in [0.25, 0.3) is 0 Å². The fourth-order valence-corrected chi connectivity index (χ4v) is 2.41. The van der Waals surface area contributed by atoms with Crippen molar-refractivity contribution in [2.45, 2.75) is 39.2 Å². The van der Waals surface area contributed by atoms with Crippen molar-refractivity contribution < 1.29 is 19.1 Å². The molecular formula is C14H22N2O4. The molecule has 2 amide bonds. The summed E-state index contributed by atoms with van der Waals surface area (Å²) >= 11 is 0. The van der Waals surface area contributed by atoms with Gasteiger partial charge in [0, 0.05) is 19.6 Å². The van der Waals surface area contributed by atoms with E-state index in [1.807, 2.05) is 20.8 Å². The lowest BCUT2D eigenvalue weighted by Crippen LogP contribution is -2.52. The van der Waals surface area contributed by atoms with Gasteiger partial charge in [-0.3, -0.25) is 9.59 Å². The van der Waals surface area contributed by atoms with E-state index < -0.39 is 5.60 Å². The maximum absolute atomic E-state index is 11.7. The van der Waals surface area contributed by atoms with Gasteiger partial charge in [0.15, 0.2) is 5.78 Å². The third-order valence-corrected chi connectivity index (χ3v) is 3.48. The smallest absolute Gasteiger partial charge is 0.410 e. The first-order valence-corrected chi connectivity index (χ1v) is 7.02. The Balaban J connectivity index is 1.66. The van der Waals surface area contributed by atoms with E-state index in [9.17, 15) is 14.4 Å². The van der Waals surface area contributed by atoms with Gasteiger partial charge in [-0.1, -0.05) is 0 Å². The molecule has 6 heteroatoms. The van der Waals surface area contributed by atoms with Gasteiger partial charge in [-0.15, -0.1) is 0 Å². The minimum atomic E-state index is -0.468. The summed E-state index contributed by atoms with van der Waals surface area (Å²) in [6.07, 6.45) is 0.605. The number of amides is 2. The van der Waals surface area contributed by atoms with Crippen LogP contribution < -0.4 is 0 Å². The van der Waals surface area contributed by atoms with E-state index in [-0.39, 0.29) is 30.7 Å². The number of ketones is 1. The summed E-state index contributed by atoms with van der Waals surface area (Å²) in [5, 5.41) is 0. The van der Waals surface area contributed by atoms with Gasteiger partial charge in [-0.2, -0.15) is 0 Å². The molecule has 0 saturated carbocycles. The van der Waals surface area contributed by atoms with Crippen LogP contribution in [-0.4, -0.2) is 59.4 Å². The fraction of sp³-hybridized carbons (Fsp3) is 0.786. The van der Waals surface area contributed by atoms with Gasteiger partial charge in [-0.05, 0) is 33.1 Å². The van der Waals surface area contributed by atoms with Gasteiger partial charge in [0.2, 0.25) is 5.91 Å². The molecule has 2 heterocycles. The van der Waals surface area contributed by atoms with Crippen molar-refractivity contribution >= 4 is 17.8 Å². The molecule has 0 aromatic carbocycles. The monoisotopic (exact) mass is 282 g/mol. The molecule has 0 bridgehead atoms. The minimum Gasteiger partial charge on any atom is -0.444 e. The fourth-order valence-electron chi connectivity index (χ4n) is 2.41. The number of ether oxygens (including phenoxy) is 1. The maximum atomic E-state index is 11.7. The molecule has 0 N–H and O–H groups in total. The average Bonchev–Trinajstić information content (AvgIpc) is 2.52. The molecule has 2 rings (SSSR count).